The molecule has 9 nitrogen and oxygen atoms in total. The summed E-state index contributed by atoms with van der Waals surface area (Å²) in [5, 5.41) is 0. The van der Waals surface area contributed by atoms with Gasteiger partial charge in [-0.1, -0.05) is 373 Å². The zero-order valence-corrected chi connectivity index (χ0v) is 54.1. The predicted octanol–water partition coefficient (Wildman–Crippen LogP) is 23.0. The lowest BCUT2D eigenvalue weighted by Crippen LogP contribution is -2.29. The molecule has 0 rings (SSSR count). The third-order valence-corrected chi connectivity index (χ3v) is 17.5. The first kappa shape index (κ1) is 78.0. The van der Waals surface area contributed by atoms with Crippen LogP contribution in [0.15, 0.2) is 0 Å². The van der Waals surface area contributed by atoms with Crippen molar-refractivity contribution < 1.29 is 37.6 Å². The van der Waals surface area contributed by atoms with Gasteiger partial charge in [0.2, 0.25) is 0 Å². The van der Waals surface area contributed by atoms with E-state index < -0.39 is 26.5 Å². The van der Waals surface area contributed by atoms with Crippen LogP contribution in [0.1, 0.15) is 399 Å². The van der Waals surface area contributed by atoms with Gasteiger partial charge in [-0.25, -0.2) is 4.57 Å². The van der Waals surface area contributed by atoms with Crippen LogP contribution < -0.4 is 5.73 Å². The van der Waals surface area contributed by atoms with E-state index in [9.17, 15) is 19.0 Å². The number of carbonyl (C=O) groups is 2. The van der Waals surface area contributed by atoms with Crippen molar-refractivity contribution >= 4 is 19.8 Å². The van der Waals surface area contributed by atoms with Crippen LogP contribution in [0.25, 0.3) is 0 Å². The first-order valence-electron chi connectivity index (χ1n) is 35.5. The summed E-state index contributed by atoms with van der Waals surface area (Å²) in [6.07, 6.45) is 77.9. The van der Waals surface area contributed by atoms with Gasteiger partial charge in [0, 0.05) is 19.4 Å². The van der Waals surface area contributed by atoms with E-state index in [2.05, 4.69) is 13.8 Å². The van der Waals surface area contributed by atoms with Gasteiger partial charge in [-0.2, -0.15) is 0 Å². The largest absolute Gasteiger partial charge is 0.472 e. The molecule has 3 N–H and O–H groups in total. The van der Waals surface area contributed by atoms with E-state index in [1.165, 1.54) is 334 Å². The average Bonchev–Trinajstić information content (AvgIpc) is 3.44. The van der Waals surface area contributed by atoms with Gasteiger partial charge in [0.25, 0.3) is 0 Å². The van der Waals surface area contributed by atoms with Gasteiger partial charge in [0.15, 0.2) is 6.10 Å². The van der Waals surface area contributed by atoms with E-state index in [1.807, 2.05) is 0 Å². The molecule has 0 aromatic carbocycles. The molecule has 10 heteroatoms. The SMILES string of the molecule is CCCCCCCCCCCCCCCCCCCCCCCCCCCCCCCCCCCCC(=O)OC(COC(=O)CCCCCCCCCCCCCCCCCCCCCCCCCC)COP(=O)(O)OCCN. The maximum atomic E-state index is 12.8. The van der Waals surface area contributed by atoms with Crippen LogP contribution in [-0.2, 0) is 32.7 Å². The third-order valence-electron chi connectivity index (χ3n) is 16.5. The molecular weight excluding hydrogens is 1000 g/mol. The lowest BCUT2D eigenvalue weighted by atomic mass is 10.0. The highest BCUT2D eigenvalue weighted by Gasteiger charge is 2.26. The number of carbonyl (C=O) groups excluding carboxylic acids is 2. The van der Waals surface area contributed by atoms with Crippen molar-refractivity contribution in [2.45, 2.75) is 405 Å². The molecule has 0 aliphatic carbocycles. The highest BCUT2D eigenvalue weighted by molar-refractivity contribution is 7.47. The van der Waals surface area contributed by atoms with E-state index >= 15 is 0 Å². The maximum absolute atomic E-state index is 12.8. The molecule has 472 valence electrons. The Kier molecular flexibility index (Phi) is 65.3. The number of hydrogen-bond acceptors (Lipinski definition) is 8. The van der Waals surface area contributed by atoms with E-state index in [1.54, 1.807) is 0 Å². The van der Waals surface area contributed by atoms with Gasteiger partial charge in [0.05, 0.1) is 13.2 Å². The first-order chi connectivity index (χ1) is 38.8. The van der Waals surface area contributed by atoms with Crippen molar-refractivity contribution in [2.75, 3.05) is 26.4 Å². The lowest BCUT2D eigenvalue weighted by Gasteiger charge is -2.19. The smallest absolute Gasteiger partial charge is 0.462 e. The molecule has 0 saturated heterocycles. The van der Waals surface area contributed by atoms with Gasteiger partial charge < -0.3 is 20.1 Å². The van der Waals surface area contributed by atoms with Crippen LogP contribution in [0.3, 0.4) is 0 Å². The first-order valence-corrected chi connectivity index (χ1v) is 37.0. The summed E-state index contributed by atoms with van der Waals surface area (Å²) in [4.78, 5) is 35.3. The number of phosphoric ester groups is 1. The molecule has 79 heavy (non-hydrogen) atoms. The lowest BCUT2D eigenvalue weighted by molar-refractivity contribution is -0.161. The van der Waals surface area contributed by atoms with E-state index in [0.29, 0.717) is 12.8 Å². The minimum atomic E-state index is -4.39. The minimum absolute atomic E-state index is 0.0588. The number of ether oxygens (including phenoxy) is 2. The standard InChI is InChI=1S/C69H138NO8P/c1-3-5-7-9-11-13-15-17-19-21-23-25-27-29-30-31-32-33-34-35-36-37-38-40-42-44-46-48-50-52-54-56-58-60-62-69(72)78-67(66-77-79(73,74)76-64-63-70)65-75-68(71)61-59-57-55-53-51-49-47-45-43-41-39-28-26-24-22-20-18-16-14-12-10-8-6-4-2/h67H,3-66,70H2,1-2H3,(H,73,74). The fourth-order valence-corrected chi connectivity index (χ4v) is 12.0. The monoisotopic (exact) mass is 1140 g/mol. The van der Waals surface area contributed by atoms with Crippen LogP contribution in [0.2, 0.25) is 0 Å². The van der Waals surface area contributed by atoms with Crippen molar-refractivity contribution in [2.24, 2.45) is 5.73 Å². The van der Waals surface area contributed by atoms with Crippen molar-refractivity contribution in [3.63, 3.8) is 0 Å². The van der Waals surface area contributed by atoms with E-state index in [-0.39, 0.29) is 32.1 Å². The van der Waals surface area contributed by atoms with Crippen LogP contribution in [0.5, 0.6) is 0 Å². The Labute approximate surface area is 492 Å². The summed E-state index contributed by atoms with van der Waals surface area (Å²) >= 11 is 0. The number of unbranched alkanes of at least 4 members (excludes halogenated alkanes) is 56. The molecule has 0 aromatic rings. The highest BCUT2D eigenvalue weighted by atomic mass is 31.2. The molecular formula is C69H138NO8P. The Morgan fingerprint density at radius 3 is 0.772 bits per heavy atom. The summed E-state index contributed by atoms with van der Waals surface area (Å²) in [5.41, 5.74) is 5.40. The molecule has 0 fully saturated rings. The fourth-order valence-electron chi connectivity index (χ4n) is 11.2. The normalized spacial score (nSPS) is 12.8. The predicted molar refractivity (Wildman–Crippen MR) is 340 cm³/mol. The zero-order chi connectivity index (χ0) is 57.3. The summed E-state index contributed by atoms with van der Waals surface area (Å²) in [7, 11) is -4.39. The van der Waals surface area contributed by atoms with Crippen LogP contribution in [0.4, 0.5) is 0 Å². The Bertz CT molecular complexity index is 1250. The molecule has 0 amide bonds. The van der Waals surface area contributed by atoms with Crippen LogP contribution >= 0.6 is 7.82 Å². The zero-order valence-electron chi connectivity index (χ0n) is 53.2. The van der Waals surface area contributed by atoms with E-state index in [0.717, 1.165) is 32.1 Å². The maximum Gasteiger partial charge on any atom is 0.472 e. The Morgan fingerprint density at radius 2 is 0.544 bits per heavy atom. The second kappa shape index (κ2) is 66.2. The molecule has 0 aliphatic rings. The minimum Gasteiger partial charge on any atom is -0.462 e. The molecule has 0 saturated carbocycles. The number of nitrogens with two attached hydrogens (primary N) is 1. The second-order valence-electron chi connectivity index (χ2n) is 24.5. The van der Waals surface area contributed by atoms with Gasteiger partial charge in [-0.3, -0.25) is 18.6 Å². The van der Waals surface area contributed by atoms with Crippen molar-refractivity contribution in [1.29, 1.82) is 0 Å². The van der Waals surface area contributed by atoms with Crippen molar-refractivity contribution in [1.82, 2.24) is 0 Å². The third kappa shape index (κ3) is 66.0. The second-order valence-corrected chi connectivity index (χ2v) is 25.9. The number of hydrogen-bond donors (Lipinski definition) is 2. The van der Waals surface area contributed by atoms with Crippen molar-refractivity contribution in [3.05, 3.63) is 0 Å². The molecule has 0 heterocycles. The number of phosphoric acid groups is 1. The van der Waals surface area contributed by atoms with Gasteiger partial charge >= 0.3 is 19.8 Å². The van der Waals surface area contributed by atoms with Crippen LogP contribution in [0, 0.1) is 0 Å². The Hall–Kier alpha value is -0.990. The molecule has 0 aromatic heterocycles. The summed E-state index contributed by atoms with van der Waals surface area (Å²) in [6.45, 7) is 3.85. The molecule has 0 radical (unpaired) electrons. The molecule has 0 aliphatic heterocycles. The van der Waals surface area contributed by atoms with Gasteiger partial charge in [-0.05, 0) is 12.8 Å². The summed E-state index contributed by atoms with van der Waals surface area (Å²) in [6, 6.07) is 0. The molecule has 2 atom stereocenters. The fraction of sp³-hybridized carbons (Fsp3) is 0.971. The quantitative estimate of drug-likeness (QED) is 0.0347. The molecule has 0 bridgehead atoms. The Balaban J connectivity index is 3.77. The van der Waals surface area contributed by atoms with Gasteiger partial charge in [0.1, 0.15) is 6.61 Å². The summed E-state index contributed by atoms with van der Waals surface area (Å²) in [5.74, 6) is -0.797. The number of esters is 2. The molecule has 0 spiro atoms. The van der Waals surface area contributed by atoms with Crippen LogP contribution in [-0.4, -0.2) is 49.3 Å². The topological polar surface area (TPSA) is 134 Å². The van der Waals surface area contributed by atoms with Crippen molar-refractivity contribution in [3.8, 4) is 0 Å². The Morgan fingerprint density at radius 1 is 0.329 bits per heavy atom. The molecule has 2 unspecified atom stereocenters. The highest BCUT2D eigenvalue weighted by Crippen LogP contribution is 2.43. The average molecular weight is 1140 g/mol. The van der Waals surface area contributed by atoms with Gasteiger partial charge in [-0.15, -0.1) is 0 Å². The van der Waals surface area contributed by atoms with E-state index in [4.69, 9.17) is 24.3 Å². The number of rotatable bonds is 69. The summed E-state index contributed by atoms with van der Waals surface area (Å²) < 4.78 is 33.2.